The summed E-state index contributed by atoms with van der Waals surface area (Å²) in [6.07, 6.45) is -0.461. The van der Waals surface area contributed by atoms with Crippen LogP contribution >= 0.6 is 27.3 Å². The molecule has 0 saturated carbocycles. The molecular formula is C14H17BrN2OS. The molecular weight excluding hydrogens is 324 g/mol. The maximum absolute atomic E-state index is 9.63. The molecule has 5 heteroatoms. The minimum absolute atomic E-state index is 0.461. The first-order chi connectivity index (χ1) is 8.99. The van der Waals surface area contributed by atoms with E-state index in [4.69, 9.17) is 0 Å². The first-order valence-corrected chi connectivity index (χ1v) is 7.74. The molecule has 3 nitrogen and oxygen atoms in total. The van der Waals surface area contributed by atoms with Crippen molar-refractivity contribution in [3.8, 4) is 0 Å². The number of aryl methyl sites for hydroxylation is 1. The minimum atomic E-state index is -0.461. The summed E-state index contributed by atoms with van der Waals surface area (Å²) in [6.45, 7) is 4.65. The quantitative estimate of drug-likeness (QED) is 0.916. The second kappa shape index (κ2) is 6.03. The number of aromatic nitrogens is 1. The number of benzene rings is 1. The van der Waals surface area contributed by atoms with E-state index in [-0.39, 0.29) is 0 Å². The Kier molecular flexibility index (Phi) is 4.60. The molecule has 1 aromatic heterocycles. The summed E-state index contributed by atoms with van der Waals surface area (Å²) >= 11 is 5.19. The molecule has 0 unspecified atom stereocenters. The summed E-state index contributed by atoms with van der Waals surface area (Å²) in [7, 11) is 2.06. The molecule has 2 aromatic rings. The van der Waals surface area contributed by atoms with Crippen molar-refractivity contribution in [2.45, 2.75) is 26.5 Å². The van der Waals surface area contributed by atoms with Crippen LogP contribution in [0.2, 0.25) is 0 Å². The molecule has 0 bridgehead atoms. The van der Waals surface area contributed by atoms with Gasteiger partial charge in [-0.05, 0) is 31.5 Å². The summed E-state index contributed by atoms with van der Waals surface area (Å²) < 4.78 is 0.938. The van der Waals surface area contributed by atoms with Gasteiger partial charge in [-0.25, -0.2) is 4.98 Å². The molecule has 1 heterocycles. The number of halogens is 1. The Balaban J connectivity index is 2.18. The highest BCUT2D eigenvalue weighted by atomic mass is 79.9. The zero-order chi connectivity index (χ0) is 14.0. The smallest absolute Gasteiger partial charge is 0.0798 e. The van der Waals surface area contributed by atoms with Crippen molar-refractivity contribution < 1.29 is 5.11 Å². The molecule has 0 aliphatic heterocycles. The van der Waals surface area contributed by atoms with E-state index in [2.05, 4.69) is 32.9 Å². The van der Waals surface area contributed by atoms with Gasteiger partial charge in [-0.15, -0.1) is 11.3 Å². The predicted octanol–water partition coefficient (Wildman–Crippen LogP) is 3.90. The average Bonchev–Trinajstić information content (AvgIpc) is 2.74. The first-order valence-electron chi connectivity index (χ1n) is 6.06. The maximum Gasteiger partial charge on any atom is 0.0798 e. The van der Waals surface area contributed by atoms with E-state index in [1.54, 1.807) is 18.3 Å². The number of thiazole rings is 1. The highest BCUT2D eigenvalue weighted by molar-refractivity contribution is 9.10. The van der Waals surface area contributed by atoms with Gasteiger partial charge in [-0.1, -0.05) is 22.0 Å². The van der Waals surface area contributed by atoms with E-state index < -0.39 is 6.10 Å². The molecule has 0 saturated heterocycles. The first kappa shape index (κ1) is 14.5. The van der Waals surface area contributed by atoms with Gasteiger partial charge in [0.05, 0.1) is 23.9 Å². The summed E-state index contributed by atoms with van der Waals surface area (Å²) in [5.41, 5.74) is 5.00. The number of hydrogen-bond acceptors (Lipinski definition) is 4. The second-order valence-electron chi connectivity index (χ2n) is 4.60. The lowest BCUT2D eigenvalue weighted by Gasteiger charge is -2.20. The van der Waals surface area contributed by atoms with E-state index in [1.165, 1.54) is 4.88 Å². The fourth-order valence-electron chi connectivity index (χ4n) is 1.88. The van der Waals surface area contributed by atoms with Crippen LogP contribution < -0.4 is 4.90 Å². The zero-order valence-electron chi connectivity index (χ0n) is 11.2. The van der Waals surface area contributed by atoms with Crippen LogP contribution in [0.3, 0.4) is 0 Å². The monoisotopic (exact) mass is 340 g/mol. The van der Waals surface area contributed by atoms with Crippen molar-refractivity contribution in [2.24, 2.45) is 0 Å². The van der Waals surface area contributed by atoms with Crippen LogP contribution in [0.25, 0.3) is 0 Å². The van der Waals surface area contributed by atoms with E-state index in [9.17, 15) is 5.11 Å². The lowest BCUT2D eigenvalue weighted by Crippen LogP contribution is -2.16. The minimum Gasteiger partial charge on any atom is -0.389 e. The van der Waals surface area contributed by atoms with Crippen molar-refractivity contribution in [1.82, 2.24) is 4.98 Å². The highest BCUT2D eigenvalue weighted by Crippen LogP contribution is 2.29. The third kappa shape index (κ3) is 3.35. The molecule has 0 aliphatic rings. The number of nitrogens with zero attached hydrogens (tertiary/aromatic N) is 2. The Bertz CT molecular complexity index is 568. The molecule has 2 rings (SSSR count). The Morgan fingerprint density at radius 1 is 1.47 bits per heavy atom. The van der Waals surface area contributed by atoms with Crippen LogP contribution in [0, 0.1) is 6.92 Å². The Morgan fingerprint density at radius 3 is 2.74 bits per heavy atom. The van der Waals surface area contributed by atoms with Gasteiger partial charge in [0.25, 0.3) is 0 Å². The molecule has 1 N–H and O–H groups in total. The van der Waals surface area contributed by atoms with Gasteiger partial charge in [0.15, 0.2) is 0 Å². The van der Waals surface area contributed by atoms with Gasteiger partial charge in [-0.3, -0.25) is 0 Å². The average molecular weight is 341 g/mol. The molecule has 0 spiro atoms. The summed E-state index contributed by atoms with van der Waals surface area (Å²) in [5.74, 6) is 0. The van der Waals surface area contributed by atoms with Crippen LogP contribution in [0.5, 0.6) is 0 Å². The van der Waals surface area contributed by atoms with Crippen molar-refractivity contribution in [2.75, 3.05) is 11.9 Å². The molecule has 102 valence electrons. The number of hydrogen-bond donors (Lipinski definition) is 1. The largest absolute Gasteiger partial charge is 0.389 e. The number of rotatable bonds is 4. The second-order valence-corrected chi connectivity index (χ2v) is 6.39. The summed E-state index contributed by atoms with van der Waals surface area (Å²) in [5, 5.41) is 9.63. The fraction of sp³-hybridized carbons (Fsp3) is 0.357. The third-order valence-corrected chi connectivity index (χ3v) is 4.71. The Morgan fingerprint density at radius 2 is 2.21 bits per heavy atom. The van der Waals surface area contributed by atoms with Crippen LogP contribution in [0.1, 0.15) is 29.2 Å². The standard InChI is InChI=1S/C14H17BrN2OS/c1-9-14(19-8-16-9)7-17(3)11-4-5-12(10(2)18)13(15)6-11/h4-6,8,10,18H,7H2,1-3H3/t10-/m1/s1. The molecule has 19 heavy (non-hydrogen) atoms. The molecule has 0 radical (unpaired) electrons. The fourth-order valence-corrected chi connectivity index (χ4v) is 3.40. The van der Waals surface area contributed by atoms with E-state index in [1.807, 2.05) is 30.6 Å². The van der Waals surface area contributed by atoms with Crippen LogP contribution in [-0.2, 0) is 6.54 Å². The number of aliphatic hydroxyl groups excluding tert-OH is 1. The maximum atomic E-state index is 9.63. The van der Waals surface area contributed by atoms with E-state index in [0.29, 0.717) is 0 Å². The van der Waals surface area contributed by atoms with Crippen LogP contribution in [0.4, 0.5) is 5.69 Å². The lowest BCUT2D eigenvalue weighted by molar-refractivity contribution is 0.198. The third-order valence-electron chi connectivity index (χ3n) is 3.10. The number of anilines is 1. The van der Waals surface area contributed by atoms with Gasteiger partial charge in [-0.2, -0.15) is 0 Å². The SMILES string of the molecule is Cc1ncsc1CN(C)c1ccc([C@@H](C)O)c(Br)c1. The van der Waals surface area contributed by atoms with E-state index in [0.717, 1.165) is 28.0 Å². The molecule has 1 atom stereocenters. The van der Waals surface area contributed by atoms with Crippen LogP contribution in [0.15, 0.2) is 28.2 Å². The predicted molar refractivity (Wildman–Crippen MR) is 83.7 cm³/mol. The molecule has 0 fully saturated rings. The Hall–Kier alpha value is -0.910. The van der Waals surface area contributed by atoms with Gasteiger partial charge >= 0.3 is 0 Å². The molecule has 1 aromatic carbocycles. The zero-order valence-corrected chi connectivity index (χ0v) is 13.6. The van der Waals surface area contributed by atoms with Gasteiger partial charge < -0.3 is 10.0 Å². The lowest BCUT2D eigenvalue weighted by atomic mass is 10.1. The topological polar surface area (TPSA) is 36.4 Å². The van der Waals surface area contributed by atoms with Crippen molar-refractivity contribution in [1.29, 1.82) is 0 Å². The van der Waals surface area contributed by atoms with Gasteiger partial charge in [0.2, 0.25) is 0 Å². The Labute approximate surface area is 126 Å². The van der Waals surface area contributed by atoms with Crippen LogP contribution in [-0.4, -0.2) is 17.1 Å². The van der Waals surface area contributed by atoms with Crippen molar-refractivity contribution in [3.05, 3.63) is 44.3 Å². The normalized spacial score (nSPS) is 12.5. The highest BCUT2D eigenvalue weighted by Gasteiger charge is 2.10. The molecule has 0 aliphatic carbocycles. The number of aliphatic hydroxyl groups is 1. The van der Waals surface area contributed by atoms with Crippen molar-refractivity contribution in [3.63, 3.8) is 0 Å². The van der Waals surface area contributed by atoms with Crippen molar-refractivity contribution >= 4 is 33.0 Å². The van der Waals surface area contributed by atoms with Gasteiger partial charge in [0, 0.05) is 22.1 Å². The van der Waals surface area contributed by atoms with E-state index >= 15 is 0 Å². The summed E-state index contributed by atoms with van der Waals surface area (Å²) in [4.78, 5) is 7.72. The van der Waals surface area contributed by atoms with Gasteiger partial charge in [0.1, 0.15) is 0 Å². The summed E-state index contributed by atoms with van der Waals surface area (Å²) in [6, 6.07) is 6.03. The molecule has 0 amide bonds.